The lowest BCUT2D eigenvalue weighted by atomic mass is 10.1. The molecule has 0 unspecified atom stereocenters. The van der Waals surface area contributed by atoms with Crippen molar-refractivity contribution >= 4 is 23.2 Å². The van der Waals surface area contributed by atoms with Gasteiger partial charge in [0.25, 0.3) is 5.91 Å². The van der Waals surface area contributed by atoms with Gasteiger partial charge < -0.3 is 23.8 Å². The molecule has 41 heavy (non-hydrogen) atoms. The van der Waals surface area contributed by atoms with Gasteiger partial charge in [-0.05, 0) is 44.4 Å². The lowest BCUT2D eigenvalue weighted by molar-refractivity contribution is -0.176. The number of rotatable bonds is 14. The van der Waals surface area contributed by atoms with Gasteiger partial charge >= 0.3 is 12.1 Å². The predicted octanol–water partition coefficient (Wildman–Crippen LogP) is 6.00. The highest BCUT2D eigenvalue weighted by Gasteiger charge is 2.28. The molecule has 3 aromatic rings. The van der Waals surface area contributed by atoms with Crippen LogP contribution < -0.4 is 9.47 Å². The number of hydrogen-bond acceptors (Lipinski definition) is 8. The highest BCUT2D eigenvalue weighted by atomic mass is 32.1. The number of alkyl halides is 3. The maximum atomic E-state index is 13.8. The van der Waals surface area contributed by atoms with Gasteiger partial charge in [-0.25, -0.2) is 9.78 Å². The Kier molecular flexibility index (Phi) is 11.5. The highest BCUT2D eigenvalue weighted by molar-refractivity contribution is 7.11. The molecule has 0 fully saturated rings. The van der Waals surface area contributed by atoms with Gasteiger partial charge in [-0.15, -0.1) is 11.3 Å². The standard InChI is InChI=1S/C29H33F3N2O6S/c1-5-40-28(36)26-19(2)41-25(33-26)16-34(13-9-12-20-10-7-6-8-11-20)27(35)21-14-23(37-3)22(24(15-21)38-4)17-39-18-29(30,31)32/h6-8,10-11,14-15H,5,9,12-13,16-18H2,1-4H3. The second-order valence-corrected chi connectivity index (χ2v) is 10.3. The number of benzene rings is 2. The van der Waals surface area contributed by atoms with Gasteiger partial charge in [0.05, 0.1) is 39.5 Å². The van der Waals surface area contributed by atoms with Crippen LogP contribution in [-0.2, 0) is 29.0 Å². The molecular formula is C29H33F3N2O6S. The number of esters is 1. The Morgan fingerprint density at radius 2 is 1.71 bits per heavy atom. The minimum atomic E-state index is -4.49. The Balaban J connectivity index is 1.88. The summed E-state index contributed by atoms with van der Waals surface area (Å²) in [7, 11) is 2.70. The number of nitrogens with zero attached hydrogens (tertiary/aromatic N) is 2. The third-order valence-electron chi connectivity index (χ3n) is 6.03. The van der Waals surface area contributed by atoms with E-state index in [-0.39, 0.29) is 47.4 Å². The van der Waals surface area contributed by atoms with Crippen LogP contribution in [0.15, 0.2) is 42.5 Å². The van der Waals surface area contributed by atoms with E-state index in [2.05, 4.69) is 4.98 Å². The third-order valence-corrected chi connectivity index (χ3v) is 6.98. The zero-order chi connectivity index (χ0) is 30.0. The van der Waals surface area contributed by atoms with Gasteiger partial charge in [0.2, 0.25) is 0 Å². The van der Waals surface area contributed by atoms with Crippen LogP contribution in [0.2, 0.25) is 0 Å². The molecule has 3 rings (SSSR count). The van der Waals surface area contributed by atoms with Crippen LogP contribution >= 0.6 is 11.3 Å². The Labute approximate surface area is 241 Å². The minimum Gasteiger partial charge on any atom is -0.496 e. The van der Waals surface area contributed by atoms with Crippen LogP contribution in [0.1, 0.15) is 55.2 Å². The molecule has 2 aromatic carbocycles. The summed E-state index contributed by atoms with van der Waals surface area (Å²) in [5.74, 6) is -0.558. The average Bonchev–Trinajstić information content (AvgIpc) is 3.31. The maximum absolute atomic E-state index is 13.8. The molecular weight excluding hydrogens is 561 g/mol. The fourth-order valence-corrected chi connectivity index (χ4v) is 5.08. The lowest BCUT2D eigenvalue weighted by Crippen LogP contribution is -2.32. The molecule has 1 heterocycles. The van der Waals surface area contributed by atoms with Gasteiger partial charge in [-0.1, -0.05) is 30.3 Å². The molecule has 0 atom stereocenters. The van der Waals surface area contributed by atoms with E-state index in [1.165, 1.54) is 37.7 Å². The SMILES string of the molecule is CCOC(=O)c1nc(CN(CCCc2ccccc2)C(=O)c2cc(OC)c(COCC(F)(F)F)c(OC)c2)sc1C. The first-order valence-corrected chi connectivity index (χ1v) is 13.7. The topological polar surface area (TPSA) is 87.2 Å². The molecule has 1 amide bonds. The van der Waals surface area contributed by atoms with E-state index in [1.54, 1.807) is 18.7 Å². The second-order valence-electron chi connectivity index (χ2n) is 9.02. The summed E-state index contributed by atoms with van der Waals surface area (Å²) in [6.45, 7) is 2.36. The summed E-state index contributed by atoms with van der Waals surface area (Å²) in [5, 5.41) is 0.565. The van der Waals surface area contributed by atoms with E-state index in [1.807, 2.05) is 30.3 Å². The van der Waals surface area contributed by atoms with Crippen molar-refractivity contribution < 1.29 is 41.7 Å². The maximum Gasteiger partial charge on any atom is 0.411 e. The number of aryl methyl sites for hydroxylation is 2. The van der Waals surface area contributed by atoms with Crippen LogP contribution in [0.25, 0.3) is 0 Å². The van der Waals surface area contributed by atoms with E-state index in [4.69, 9.17) is 18.9 Å². The number of thiazole rings is 1. The summed E-state index contributed by atoms with van der Waals surface area (Å²) in [6.07, 6.45) is -3.10. The summed E-state index contributed by atoms with van der Waals surface area (Å²) >= 11 is 1.30. The molecule has 0 radical (unpaired) electrons. The number of hydrogen-bond donors (Lipinski definition) is 0. The van der Waals surface area contributed by atoms with Crippen molar-refractivity contribution in [3.63, 3.8) is 0 Å². The molecule has 0 aliphatic heterocycles. The number of amides is 1. The Morgan fingerprint density at radius 1 is 1.05 bits per heavy atom. The second kappa shape index (κ2) is 14.8. The van der Waals surface area contributed by atoms with Gasteiger partial charge in [0, 0.05) is 17.0 Å². The molecule has 0 N–H and O–H groups in total. The summed E-state index contributed by atoms with van der Waals surface area (Å²) in [4.78, 5) is 32.9. The van der Waals surface area contributed by atoms with Crippen molar-refractivity contribution in [3.8, 4) is 11.5 Å². The molecule has 8 nitrogen and oxygen atoms in total. The van der Waals surface area contributed by atoms with Crippen molar-refractivity contribution in [1.82, 2.24) is 9.88 Å². The molecule has 222 valence electrons. The van der Waals surface area contributed by atoms with Crippen molar-refractivity contribution in [2.45, 2.75) is 46.0 Å². The van der Waals surface area contributed by atoms with Crippen molar-refractivity contribution in [1.29, 1.82) is 0 Å². The number of carbonyl (C=O) groups excluding carboxylic acids is 2. The quantitative estimate of drug-likeness (QED) is 0.212. The zero-order valence-electron chi connectivity index (χ0n) is 23.4. The molecule has 0 bridgehead atoms. The van der Waals surface area contributed by atoms with Gasteiger partial charge in [0.1, 0.15) is 23.1 Å². The normalized spacial score (nSPS) is 11.3. The van der Waals surface area contributed by atoms with E-state index in [0.717, 1.165) is 12.0 Å². The van der Waals surface area contributed by atoms with Gasteiger partial charge in [-0.2, -0.15) is 13.2 Å². The number of aromatic nitrogens is 1. The third kappa shape index (κ3) is 9.19. The van der Waals surface area contributed by atoms with Crippen molar-refractivity contribution in [3.05, 3.63) is 74.7 Å². The van der Waals surface area contributed by atoms with Crippen molar-refractivity contribution in [2.24, 2.45) is 0 Å². The number of ether oxygens (including phenoxy) is 4. The number of carbonyl (C=O) groups is 2. The summed E-state index contributed by atoms with van der Waals surface area (Å²) < 4.78 is 58.5. The Morgan fingerprint density at radius 3 is 2.29 bits per heavy atom. The predicted molar refractivity (Wildman–Crippen MR) is 148 cm³/mol. The zero-order valence-corrected chi connectivity index (χ0v) is 24.2. The van der Waals surface area contributed by atoms with E-state index in [9.17, 15) is 22.8 Å². The fourth-order valence-electron chi connectivity index (χ4n) is 4.14. The smallest absolute Gasteiger partial charge is 0.411 e. The molecule has 0 spiro atoms. The van der Waals surface area contributed by atoms with E-state index >= 15 is 0 Å². The number of methoxy groups -OCH3 is 2. The first kappa shape index (κ1) is 31.9. The number of halogens is 3. The summed E-state index contributed by atoms with van der Waals surface area (Å²) in [5.41, 5.74) is 1.81. The monoisotopic (exact) mass is 594 g/mol. The van der Waals surface area contributed by atoms with Crippen molar-refractivity contribution in [2.75, 3.05) is 34.0 Å². The molecule has 12 heteroatoms. The summed E-state index contributed by atoms with van der Waals surface area (Å²) in [6, 6.07) is 12.8. The fraction of sp³-hybridized carbons (Fsp3) is 0.414. The van der Waals surface area contributed by atoms with Gasteiger partial charge in [0.15, 0.2) is 5.69 Å². The molecule has 0 saturated heterocycles. The highest BCUT2D eigenvalue weighted by Crippen LogP contribution is 2.33. The Hall–Kier alpha value is -3.64. The lowest BCUT2D eigenvalue weighted by Gasteiger charge is -2.23. The van der Waals surface area contributed by atoms with E-state index < -0.39 is 25.4 Å². The van der Waals surface area contributed by atoms with E-state index in [0.29, 0.717) is 22.9 Å². The minimum absolute atomic E-state index is 0.139. The molecule has 0 saturated carbocycles. The van der Waals surface area contributed by atoms with Crippen LogP contribution in [0, 0.1) is 6.92 Å². The van der Waals surface area contributed by atoms with Gasteiger partial charge in [-0.3, -0.25) is 4.79 Å². The van der Waals surface area contributed by atoms with Crippen LogP contribution in [0.5, 0.6) is 11.5 Å². The van der Waals surface area contributed by atoms with Crippen LogP contribution in [0.4, 0.5) is 13.2 Å². The first-order valence-electron chi connectivity index (χ1n) is 12.9. The first-order chi connectivity index (χ1) is 19.6. The van der Waals surface area contributed by atoms with Crippen LogP contribution in [-0.4, -0.2) is 61.9 Å². The largest absolute Gasteiger partial charge is 0.496 e. The molecule has 1 aromatic heterocycles. The Bertz CT molecular complexity index is 1290. The average molecular weight is 595 g/mol. The molecule has 0 aliphatic rings. The van der Waals surface area contributed by atoms with Crippen LogP contribution in [0.3, 0.4) is 0 Å². The molecule has 0 aliphatic carbocycles.